The SMILES string of the molecule is Br.Br.Br.Br.Cc1c(C)c(N=Cc2ccccn2)c(C)c(C)c1N=CCc1ccccn1.[Cu].[Cu]. The molecule has 3 aromatic rings. The second kappa shape index (κ2) is 20.1. The zero-order valence-electron chi connectivity index (χ0n) is 18.5. The van der Waals surface area contributed by atoms with Crippen LogP contribution in [0.2, 0.25) is 0 Å². The van der Waals surface area contributed by atoms with Gasteiger partial charge in [-0.05, 0) is 74.2 Å². The maximum Gasteiger partial charge on any atom is 0.0812 e. The summed E-state index contributed by atoms with van der Waals surface area (Å²) >= 11 is 0. The summed E-state index contributed by atoms with van der Waals surface area (Å²) in [5.41, 5.74) is 8.50. The molecule has 0 saturated heterocycles. The summed E-state index contributed by atoms with van der Waals surface area (Å²) in [6, 6.07) is 11.7. The molecule has 3 rings (SSSR count). The van der Waals surface area contributed by atoms with Gasteiger partial charge in [0, 0.05) is 64.9 Å². The molecule has 0 spiro atoms. The molecule has 2 heterocycles. The number of nitrogens with zero attached hydrogens (tertiary/aromatic N) is 4. The van der Waals surface area contributed by atoms with Crippen molar-refractivity contribution in [1.82, 2.24) is 9.97 Å². The van der Waals surface area contributed by atoms with Crippen LogP contribution in [0, 0.1) is 27.7 Å². The van der Waals surface area contributed by atoms with Crippen LogP contribution in [0.15, 0.2) is 58.8 Å². The van der Waals surface area contributed by atoms with Gasteiger partial charge < -0.3 is 0 Å². The molecule has 190 valence electrons. The van der Waals surface area contributed by atoms with Crippen molar-refractivity contribution in [2.45, 2.75) is 34.1 Å². The largest absolute Gasteiger partial charge is 0.261 e. The third-order valence-corrected chi connectivity index (χ3v) is 4.81. The molecule has 0 aliphatic heterocycles. The van der Waals surface area contributed by atoms with Gasteiger partial charge in [0.15, 0.2) is 0 Å². The maximum atomic E-state index is 4.75. The van der Waals surface area contributed by atoms with E-state index in [1.807, 2.05) is 55.0 Å². The number of halogens is 4. The molecule has 0 fully saturated rings. The van der Waals surface area contributed by atoms with E-state index in [1.165, 1.54) is 0 Å². The molecule has 0 atom stereocenters. The van der Waals surface area contributed by atoms with E-state index in [2.05, 4.69) is 37.7 Å². The summed E-state index contributed by atoms with van der Waals surface area (Å²) in [6.45, 7) is 8.42. The van der Waals surface area contributed by atoms with Gasteiger partial charge in [-0.1, -0.05) is 12.1 Å². The van der Waals surface area contributed by atoms with E-state index in [-0.39, 0.29) is 102 Å². The Morgan fingerprint density at radius 3 is 1.61 bits per heavy atom. The zero-order chi connectivity index (χ0) is 19.2. The number of aliphatic imine (C=N–C) groups is 2. The van der Waals surface area contributed by atoms with Crippen LogP contribution in [-0.4, -0.2) is 22.4 Å². The molecule has 0 bridgehead atoms. The first kappa shape index (κ1) is 40.0. The van der Waals surface area contributed by atoms with Gasteiger partial charge in [-0.25, -0.2) is 0 Å². The summed E-state index contributed by atoms with van der Waals surface area (Å²) in [7, 11) is 0. The van der Waals surface area contributed by atoms with E-state index in [4.69, 9.17) is 9.98 Å². The first-order valence-electron chi connectivity index (χ1n) is 9.06. The third-order valence-electron chi connectivity index (χ3n) is 4.81. The smallest absolute Gasteiger partial charge is 0.0812 e. The number of rotatable bonds is 5. The summed E-state index contributed by atoms with van der Waals surface area (Å²) in [6.07, 6.45) is 8.06. The first-order valence-corrected chi connectivity index (χ1v) is 9.06. The van der Waals surface area contributed by atoms with Crippen molar-refractivity contribution in [3.8, 4) is 0 Å². The summed E-state index contributed by atoms with van der Waals surface area (Å²) < 4.78 is 0. The van der Waals surface area contributed by atoms with Gasteiger partial charge in [0.05, 0.1) is 23.3 Å². The third kappa shape index (κ3) is 11.0. The van der Waals surface area contributed by atoms with Gasteiger partial charge >= 0.3 is 0 Å². The molecule has 1 aromatic carbocycles. The Kier molecular flexibility index (Phi) is 24.3. The number of hydrogen-bond donors (Lipinski definition) is 0. The Bertz CT molecular complexity index is 973. The second-order valence-corrected chi connectivity index (χ2v) is 6.55. The number of aromatic nitrogens is 2. The average Bonchev–Trinajstić information content (AvgIpc) is 2.70. The van der Waals surface area contributed by atoms with Crippen molar-refractivity contribution in [2.24, 2.45) is 9.98 Å². The van der Waals surface area contributed by atoms with E-state index in [1.54, 1.807) is 6.20 Å². The van der Waals surface area contributed by atoms with Gasteiger partial charge in [0.25, 0.3) is 0 Å². The molecule has 0 unspecified atom stereocenters. The topological polar surface area (TPSA) is 50.5 Å². The minimum Gasteiger partial charge on any atom is -0.261 e. The summed E-state index contributed by atoms with van der Waals surface area (Å²) in [5, 5.41) is 0. The van der Waals surface area contributed by atoms with Crippen LogP contribution in [0.4, 0.5) is 11.4 Å². The molecule has 33 heavy (non-hydrogen) atoms. The van der Waals surface area contributed by atoms with Gasteiger partial charge in [0.2, 0.25) is 0 Å². The van der Waals surface area contributed by atoms with E-state index >= 15 is 0 Å². The van der Waals surface area contributed by atoms with Crippen LogP contribution in [-0.2, 0) is 40.6 Å². The van der Waals surface area contributed by atoms with Gasteiger partial charge in [-0.15, -0.1) is 67.9 Å². The standard InChI is InChI=1S/C23H24N4.4BrH.2Cu/c1-16-18(3)23(27-15-21-10-6-8-13-25-21)19(4)17(2)22(16)26-14-11-20-9-5-7-12-24-20;;;;;;/h5-10,12-15H,11H2,1-4H3;4*1H;;. The van der Waals surface area contributed by atoms with Crippen LogP contribution in [0.25, 0.3) is 0 Å². The Labute approximate surface area is 260 Å². The molecule has 0 amide bonds. The van der Waals surface area contributed by atoms with E-state index < -0.39 is 0 Å². The van der Waals surface area contributed by atoms with Crippen molar-refractivity contribution < 1.29 is 34.1 Å². The predicted octanol–water partition coefficient (Wildman–Crippen LogP) is 7.71. The number of benzene rings is 1. The van der Waals surface area contributed by atoms with E-state index in [0.717, 1.165) is 51.4 Å². The number of pyridine rings is 2. The summed E-state index contributed by atoms with van der Waals surface area (Å²) in [5.74, 6) is 0. The molecule has 2 aromatic heterocycles. The van der Waals surface area contributed by atoms with Crippen molar-refractivity contribution in [2.75, 3.05) is 0 Å². The monoisotopic (exact) mass is 802 g/mol. The second-order valence-electron chi connectivity index (χ2n) is 6.55. The predicted molar refractivity (Wildman–Crippen MR) is 154 cm³/mol. The van der Waals surface area contributed by atoms with Gasteiger partial charge in [-0.3, -0.25) is 20.0 Å². The van der Waals surface area contributed by atoms with Crippen molar-refractivity contribution in [3.63, 3.8) is 0 Å². The molecule has 0 saturated carbocycles. The normalized spacial score (nSPS) is 9.45. The Balaban J connectivity index is -0.000000701. The molecular weight excluding hydrogens is 779 g/mol. The van der Waals surface area contributed by atoms with Crippen LogP contribution in [0.5, 0.6) is 0 Å². The Morgan fingerprint density at radius 2 is 1.15 bits per heavy atom. The molecule has 10 heteroatoms. The molecule has 4 nitrogen and oxygen atoms in total. The van der Waals surface area contributed by atoms with Crippen LogP contribution < -0.4 is 0 Å². The van der Waals surface area contributed by atoms with Gasteiger partial charge in [-0.2, -0.15) is 0 Å². The van der Waals surface area contributed by atoms with Crippen LogP contribution in [0.1, 0.15) is 33.6 Å². The van der Waals surface area contributed by atoms with Crippen molar-refractivity contribution >= 4 is 91.7 Å². The molecule has 0 aliphatic carbocycles. The molecular formula is C23H28Br4Cu2N4. The van der Waals surface area contributed by atoms with E-state index in [9.17, 15) is 0 Å². The van der Waals surface area contributed by atoms with E-state index in [0.29, 0.717) is 0 Å². The minimum atomic E-state index is 0. The first-order chi connectivity index (χ1) is 13.1. The average molecular weight is 807 g/mol. The van der Waals surface area contributed by atoms with Crippen molar-refractivity contribution in [3.05, 3.63) is 82.4 Å². The maximum absolute atomic E-state index is 4.75. The molecule has 0 aliphatic rings. The fourth-order valence-corrected chi connectivity index (χ4v) is 2.99. The molecule has 2 radical (unpaired) electrons. The van der Waals surface area contributed by atoms with Gasteiger partial charge in [0.1, 0.15) is 0 Å². The van der Waals surface area contributed by atoms with Crippen LogP contribution in [0.3, 0.4) is 0 Å². The Hall–Kier alpha value is -0.181. The van der Waals surface area contributed by atoms with Crippen molar-refractivity contribution in [1.29, 1.82) is 0 Å². The summed E-state index contributed by atoms with van der Waals surface area (Å²) in [4.78, 5) is 18.1. The minimum absolute atomic E-state index is 0. The fraction of sp³-hybridized carbons (Fsp3) is 0.217. The number of hydrogen-bond acceptors (Lipinski definition) is 4. The van der Waals surface area contributed by atoms with Crippen LogP contribution >= 0.6 is 67.9 Å². The molecule has 0 N–H and O–H groups in total. The zero-order valence-corrected chi connectivity index (χ0v) is 27.2. The fourth-order valence-electron chi connectivity index (χ4n) is 2.99. The Morgan fingerprint density at radius 1 is 0.667 bits per heavy atom. The quantitative estimate of drug-likeness (QED) is 0.196.